The number of esters is 1. The summed E-state index contributed by atoms with van der Waals surface area (Å²) >= 11 is 0. The summed E-state index contributed by atoms with van der Waals surface area (Å²) in [5, 5.41) is 23.3. The van der Waals surface area contributed by atoms with Crippen LogP contribution >= 0.6 is 0 Å². The first-order valence-electron chi connectivity index (χ1n) is 29.7. The van der Waals surface area contributed by atoms with Gasteiger partial charge >= 0.3 is 5.97 Å². The highest BCUT2D eigenvalue weighted by molar-refractivity contribution is 5.76. The summed E-state index contributed by atoms with van der Waals surface area (Å²) in [7, 11) is 0. The summed E-state index contributed by atoms with van der Waals surface area (Å²) < 4.78 is 5.45. The van der Waals surface area contributed by atoms with Crippen LogP contribution in [0.1, 0.15) is 316 Å². The zero-order chi connectivity index (χ0) is 48.6. The summed E-state index contributed by atoms with van der Waals surface area (Å²) in [4.78, 5) is 24.5. The fourth-order valence-corrected chi connectivity index (χ4v) is 9.06. The Morgan fingerprint density at radius 1 is 0.418 bits per heavy atom. The Morgan fingerprint density at radius 3 is 1.19 bits per heavy atom. The maximum atomic E-state index is 12.5. The molecule has 6 nitrogen and oxygen atoms in total. The van der Waals surface area contributed by atoms with Crippen LogP contribution in [0.15, 0.2) is 36.5 Å². The lowest BCUT2D eigenvalue weighted by molar-refractivity contribution is -0.143. The number of aliphatic hydroxyl groups is 2. The van der Waals surface area contributed by atoms with Gasteiger partial charge in [0.1, 0.15) is 0 Å². The minimum atomic E-state index is -0.671. The van der Waals surface area contributed by atoms with Crippen LogP contribution in [0.4, 0.5) is 0 Å². The SMILES string of the molecule is CCCC/C=C\CCCCCCCC(=O)OCCCCCCCCCCC/C=C\C/C=C\CCCCCCCCCC(=O)NC(CO)C(O)CCCCCCCCCCCCCCCCCC. The maximum absolute atomic E-state index is 12.5. The van der Waals surface area contributed by atoms with Gasteiger partial charge in [0.2, 0.25) is 5.91 Å². The Morgan fingerprint density at radius 2 is 0.761 bits per heavy atom. The van der Waals surface area contributed by atoms with Crippen molar-refractivity contribution >= 4 is 11.9 Å². The second-order valence-electron chi connectivity index (χ2n) is 20.3. The molecule has 0 radical (unpaired) electrons. The molecule has 2 unspecified atom stereocenters. The number of nitrogens with one attached hydrogen (secondary N) is 1. The minimum Gasteiger partial charge on any atom is -0.466 e. The van der Waals surface area contributed by atoms with Crippen molar-refractivity contribution in [2.45, 2.75) is 328 Å². The Balaban J connectivity index is 3.46. The first-order valence-corrected chi connectivity index (χ1v) is 29.7. The molecule has 6 heteroatoms. The molecule has 0 aromatic rings. The van der Waals surface area contributed by atoms with Gasteiger partial charge in [0.25, 0.3) is 0 Å². The molecule has 1 amide bonds. The van der Waals surface area contributed by atoms with E-state index in [0.29, 0.717) is 25.9 Å². The van der Waals surface area contributed by atoms with Crippen molar-refractivity contribution in [2.75, 3.05) is 13.2 Å². The molecule has 0 aliphatic heterocycles. The van der Waals surface area contributed by atoms with E-state index in [1.54, 1.807) is 0 Å². The molecule has 0 heterocycles. The number of allylic oxidation sites excluding steroid dienone is 6. The molecule has 0 aromatic heterocycles. The maximum Gasteiger partial charge on any atom is 0.305 e. The van der Waals surface area contributed by atoms with Crippen molar-refractivity contribution in [3.05, 3.63) is 36.5 Å². The van der Waals surface area contributed by atoms with Crippen molar-refractivity contribution < 1.29 is 24.5 Å². The highest BCUT2D eigenvalue weighted by atomic mass is 16.5. The number of ether oxygens (including phenoxy) is 1. The number of unbranched alkanes of at least 4 members (excludes halogenated alkanes) is 38. The third-order valence-electron chi connectivity index (χ3n) is 13.7. The topological polar surface area (TPSA) is 95.9 Å². The van der Waals surface area contributed by atoms with Crippen LogP contribution in [-0.4, -0.2) is 47.4 Å². The minimum absolute atomic E-state index is 0.00420. The quantitative estimate of drug-likeness (QED) is 0.0321. The molecule has 0 saturated heterocycles. The van der Waals surface area contributed by atoms with Gasteiger partial charge in [-0.3, -0.25) is 9.59 Å². The number of carbonyl (C=O) groups is 2. The van der Waals surface area contributed by atoms with Crippen molar-refractivity contribution in [3.63, 3.8) is 0 Å². The zero-order valence-corrected chi connectivity index (χ0v) is 44.9. The molecule has 3 N–H and O–H groups in total. The smallest absolute Gasteiger partial charge is 0.305 e. The molecule has 0 bridgehead atoms. The van der Waals surface area contributed by atoms with Crippen LogP contribution in [0.5, 0.6) is 0 Å². The summed E-state index contributed by atoms with van der Waals surface area (Å²) in [6, 6.07) is -0.549. The van der Waals surface area contributed by atoms with E-state index in [-0.39, 0.29) is 18.5 Å². The average molecular weight is 943 g/mol. The standard InChI is InChI=1S/C61H115NO5/c1-3-5-7-9-11-13-15-16-17-27-30-34-37-41-45-49-53-59(64)58(57-63)62-60(65)54-50-46-42-38-35-31-28-25-23-21-19-18-20-22-24-26-29-32-36-40-44-48-52-56-67-61(66)55-51-47-43-39-33-14-12-10-8-6-4-2/h10,12,18,20-21,23,58-59,63-64H,3-9,11,13-17,19,22,24-57H2,1-2H3,(H,62,65)/b12-10-,20-18-,23-21-. The van der Waals surface area contributed by atoms with Crippen molar-refractivity contribution in [1.82, 2.24) is 5.32 Å². The van der Waals surface area contributed by atoms with Crippen molar-refractivity contribution in [1.29, 1.82) is 0 Å². The van der Waals surface area contributed by atoms with Gasteiger partial charge in [0.15, 0.2) is 0 Å². The van der Waals surface area contributed by atoms with E-state index in [2.05, 4.69) is 55.6 Å². The van der Waals surface area contributed by atoms with E-state index in [1.165, 1.54) is 225 Å². The van der Waals surface area contributed by atoms with Gasteiger partial charge in [-0.2, -0.15) is 0 Å². The van der Waals surface area contributed by atoms with Gasteiger partial charge in [-0.25, -0.2) is 0 Å². The Kier molecular flexibility index (Phi) is 55.0. The summed E-state index contributed by atoms with van der Waals surface area (Å²) in [6.07, 6.45) is 70.0. The third-order valence-corrected chi connectivity index (χ3v) is 13.7. The molecular weight excluding hydrogens is 827 g/mol. The lowest BCUT2D eigenvalue weighted by Crippen LogP contribution is -2.45. The van der Waals surface area contributed by atoms with Gasteiger partial charge in [0.05, 0.1) is 25.4 Å². The van der Waals surface area contributed by atoms with Crippen LogP contribution in [0.25, 0.3) is 0 Å². The average Bonchev–Trinajstić information content (AvgIpc) is 3.33. The van der Waals surface area contributed by atoms with Crippen LogP contribution < -0.4 is 5.32 Å². The van der Waals surface area contributed by atoms with Gasteiger partial charge in [-0.1, -0.05) is 262 Å². The number of carbonyl (C=O) groups excluding carboxylic acids is 2. The molecule has 0 aliphatic carbocycles. The van der Waals surface area contributed by atoms with Crippen molar-refractivity contribution in [2.24, 2.45) is 0 Å². The predicted octanol–water partition coefficient (Wildman–Crippen LogP) is 18.4. The molecule has 0 rings (SSSR count). The molecule has 0 fully saturated rings. The van der Waals surface area contributed by atoms with Crippen LogP contribution in [-0.2, 0) is 14.3 Å². The van der Waals surface area contributed by atoms with E-state index < -0.39 is 12.1 Å². The monoisotopic (exact) mass is 942 g/mol. The fraction of sp³-hybridized carbons (Fsp3) is 0.869. The highest BCUT2D eigenvalue weighted by Gasteiger charge is 2.20. The fourth-order valence-electron chi connectivity index (χ4n) is 9.06. The molecular formula is C61H115NO5. The number of aliphatic hydroxyl groups excluding tert-OH is 2. The van der Waals surface area contributed by atoms with Gasteiger partial charge < -0.3 is 20.3 Å². The first-order chi connectivity index (χ1) is 33.0. The molecule has 2 atom stereocenters. The summed E-state index contributed by atoms with van der Waals surface area (Å²) in [5.74, 6) is -0.0484. The number of hydrogen-bond acceptors (Lipinski definition) is 5. The molecule has 0 spiro atoms. The Hall–Kier alpha value is -1.92. The van der Waals surface area contributed by atoms with E-state index in [9.17, 15) is 19.8 Å². The zero-order valence-electron chi connectivity index (χ0n) is 44.9. The second kappa shape index (κ2) is 56.7. The predicted molar refractivity (Wildman–Crippen MR) is 292 cm³/mol. The molecule has 394 valence electrons. The molecule has 0 saturated carbocycles. The Bertz CT molecular complexity index is 1090. The van der Waals surface area contributed by atoms with Crippen LogP contribution in [0.3, 0.4) is 0 Å². The summed E-state index contributed by atoms with van der Waals surface area (Å²) in [5.41, 5.74) is 0. The van der Waals surface area contributed by atoms with Crippen LogP contribution in [0.2, 0.25) is 0 Å². The normalized spacial score (nSPS) is 12.8. The number of amides is 1. The summed E-state index contributed by atoms with van der Waals surface area (Å²) in [6.45, 7) is 4.91. The lowest BCUT2D eigenvalue weighted by atomic mass is 10.0. The van der Waals surface area contributed by atoms with E-state index in [4.69, 9.17) is 4.74 Å². The third kappa shape index (κ3) is 53.3. The first kappa shape index (κ1) is 65.1. The van der Waals surface area contributed by atoms with Gasteiger partial charge in [0, 0.05) is 12.8 Å². The molecule has 0 aromatic carbocycles. The largest absolute Gasteiger partial charge is 0.466 e. The van der Waals surface area contributed by atoms with E-state index in [1.807, 2.05) is 0 Å². The van der Waals surface area contributed by atoms with Gasteiger partial charge in [-0.05, 0) is 77.0 Å². The van der Waals surface area contributed by atoms with Crippen molar-refractivity contribution in [3.8, 4) is 0 Å². The van der Waals surface area contributed by atoms with E-state index >= 15 is 0 Å². The second-order valence-corrected chi connectivity index (χ2v) is 20.3. The van der Waals surface area contributed by atoms with E-state index in [0.717, 1.165) is 57.8 Å². The lowest BCUT2D eigenvalue weighted by Gasteiger charge is -2.22. The number of hydrogen-bond donors (Lipinski definition) is 3. The van der Waals surface area contributed by atoms with Gasteiger partial charge in [-0.15, -0.1) is 0 Å². The molecule has 0 aliphatic rings. The Labute approximate surface area is 417 Å². The highest BCUT2D eigenvalue weighted by Crippen LogP contribution is 2.17. The molecule has 67 heavy (non-hydrogen) atoms. The number of rotatable bonds is 55. The van der Waals surface area contributed by atoms with Crippen LogP contribution in [0, 0.1) is 0 Å².